The van der Waals surface area contributed by atoms with Gasteiger partial charge in [-0.05, 0) is 60.9 Å². The van der Waals surface area contributed by atoms with E-state index >= 15 is 0 Å². The van der Waals surface area contributed by atoms with Gasteiger partial charge in [-0.2, -0.15) is 0 Å². The fourth-order valence-corrected chi connectivity index (χ4v) is 6.44. The van der Waals surface area contributed by atoms with Crippen LogP contribution in [0.25, 0.3) is 6.08 Å². The number of fused-ring (bicyclic) bond motifs is 1. The lowest BCUT2D eigenvalue weighted by molar-refractivity contribution is -0.384. The van der Waals surface area contributed by atoms with E-state index in [2.05, 4.69) is 4.99 Å². The number of nitro benzene ring substituents is 1. The lowest BCUT2D eigenvalue weighted by Crippen LogP contribution is -2.39. The molecular formula is C32H27Cl2N3O8S. The molecule has 0 spiro atoms. The first-order valence-electron chi connectivity index (χ1n) is 14.0. The Morgan fingerprint density at radius 2 is 1.76 bits per heavy atom. The van der Waals surface area contributed by atoms with Crippen LogP contribution in [-0.2, 0) is 16.1 Å². The van der Waals surface area contributed by atoms with Crippen molar-refractivity contribution < 1.29 is 28.7 Å². The molecule has 4 aromatic rings. The van der Waals surface area contributed by atoms with Crippen LogP contribution in [0.5, 0.6) is 17.2 Å². The molecule has 2 heterocycles. The summed E-state index contributed by atoms with van der Waals surface area (Å²) >= 11 is 14.2. The number of aromatic nitrogens is 1. The van der Waals surface area contributed by atoms with Crippen LogP contribution in [-0.4, -0.2) is 35.8 Å². The average molecular weight is 685 g/mol. The Balaban J connectivity index is 1.52. The molecular weight excluding hydrogens is 657 g/mol. The molecule has 0 aliphatic carbocycles. The van der Waals surface area contributed by atoms with Crippen molar-refractivity contribution >= 4 is 52.3 Å². The van der Waals surface area contributed by atoms with Crippen molar-refractivity contribution in [1.29, 1.82) is 0 Å². The highest BCUT2D eigenvalue weighted by Crippen LogP contribution is 2.36. The zero-order valence-corrected chi connectivity index (χ0v) is 27.1. The molecule has 238 valence electrons. The lowest BCUT2D eigenvalue weighted by Gasteiger charge is -2.23. The highest BCUT2D eigenvalue weighted by Gasteiger charge is 2.31. The first-order valence-corrected chi connectivity index (χ1v) is 15.6. The molecule has 11 nitrogen and oxygen atoms in total. The standard InChI is InChI=1S/C32H27Cl2N3O8S/c1-4-43-25-10-9-20(15-26(25)44-5-2)28-22(31(39)42-3)16-35-32-36(28)30(38)27(46-32)14-19-12-23(33)29(24(34)13-19)45-17-18-7-6-8-21(11-18)37(40)41/h6-16,28H,4-5,17H2,1-3H3/b27-14-/t28-/m0/s1. The molecule has 14 heteroatoms. The second kappa shape index (κ2) is 14.2. The number of halogens is 2. The maximum Gasteiger partial charge on any atom is 0.337 e. The molecule has 3 aromatic carbocycles. The van der Waals surface area contributed by atoms with Gasteiger partial charge in [0.2, 0.25) is 0 Å². The van der Waals surface area contributed by atoms with Crippen molar-refractivity contribution in [3.8, 4) is 17.2 Å². The number of esters is 1. The Hall–Kier alpha value is -4.65. The summed E-state index contributed by atoms with van der Waals surface area (Å²) < 4.78 is 24.1. The molecule has 0 amide bonds. The Kier molecular flexibility index (Phi) is 10.1. The number of hydrogen-bond donors (Lipinski definition) is 0. The Morgan fingerprint density at radius 1 is 1.04 bits per heavy atom. The van der Waals surface area contributed by atoms with Gasteiger partial charge < -0.3 is 18.9 Å². The second-order valence-electron chi connectivity index (χ2n) is 9.78. The van der Waals surface area contributed by atoms with Crippen LogP contribution >= 0.6 is 34.5 Å². The summed E-state index contributed by atoms with van der Waals surface area (Å²) in [7, 11) is 1.26. The number of carbonyl (C=O) groups is 1. The van der Waals surface area contributed by atoms with E-state index in [1.807, 2.05) is 13.8 Å². The number of non-ortho nitro benzene ring substituents is 1. The van der Waals surface area contributed by atoms with E-state index < -0.39 is 22.5 Å². The summed E-state index contributed by atoms with van der Waals surface area (Å²) in [4.78, 5) is 42.1. The molecule has 46 heavy (non-hydrogen) atoms. The lowest BCUT2D eigenvalue weighted by atomic mass is 9.97. The van der Waals surface area contributed by atoms with Crippen LogP contribution in [0, 0.1) is 10.1 Å². The maximum absolute atomic E-state index is 13.9. The van der Waals surface area contributed by atoms with Gasteiger partial charge in [-0.3, -0.25) is 19.5 Å². The number of thiazole rings is 1. The van der Waals surface area contributed by atoms with Crippen LogP contribution in [0.4, 0.5) is 5.69 Å². The number of hydrogen-bond acceptors (Lipinski definition) is 10. The molecule has 0 saturated heterocycles. The normalized spacial score (nSPS) is 14.2. The fourth-order valence-electron chi connectivity index (χ4n) is 4.85. The van der Waals surface area contributed by atoms with Crippen LogP contribution in [0.2, 0.25) is 10.0 Å². The summed E-state index contributed by atoms with van der Waals surface area (Å²) in [6, 6.07) is 13.6. The van der Waals surface area contributed by atoms with Crippen molar-refractivity contribution in [3.05, 3.63) is 123 Å². The van der Waals surface area contributed by atoms with Gasteiger partial charge in [-0.25, -0.2) is 9.79 Å². The molecule has 1 atom stereocenters. The summed E-state index contributed by atoms with van der Waals surface area (Å²) in [6.45, 7) is 4.52. The number of nitro groups is 1. The summed E-state index contributed by atoms with van der Waals surface area (Å²) in [5.74, 6) is 0.573. The van der Waals surface area contributed by atoms with Gasteiger partial charge in [0, 0.05) is 18.3 Å². The maximum atomic E-state index is 13.9. The third kappa shape index (κ3) is 6.79. The van der Waals surface area contributed by atoms with Crippen LogP contribution in [0.1, 0.15) is 36.6 Å². The highest BCUT2D eigenvalue weighted by atomic mass is 35.5. The Morgan fingerprint density at radius 3 is 2.43 bits per heavy atom. The van der Waals surface area contributed by atoms with E-state index in [1.165, 1.54) is 30.0 Å². The quantitative estimate of drug-likeness (QED) is 0.113. The summed E-state index contributed by atoms with van der Waals surface area (Å²) in [5.41, 5.74) is 1.40. The Labute approximate surface area is 276 Å². The number of methoxy groups -OCH3 is 1. The smallest absolute Gasteiger partial charge is 0.337 e. The van der Waals surface area contributed by atoms with E-state index in [4.69, 9.17) is 42.1 Å². The number of rotatable bonds is 11. The molecule has 0 unspecified atom stereocenters. The van der Waals surface area contributed by atoms with Gasteiger partial charge in [-0.15, -0.1) is 0 Å². The number of ether oxygens (including phenoxy) is 4. The first kappa shape index (κ1) is 32.7. The third-order valence-corrected chi connectivity index (χ3v) is 8.39. The van der Waals surface area contributed by atoms with Crippen LogP contribution in [0.3, 0.4) is 0 Å². The number of nitrogens with zero attached hydrogens (tertiary/aromatic N) is 3. The largest absolute Gasteiger partial charge is 0.490 e. The molecule has 0 bridgehead atoms. The topological polar surface area (TPSA) is 131 Å². The zero-order valence-electron chi connectivity index (χ0n) is 24.8. The third-order valence-electron chi connectivity index (χ3n) is 6.83. The molecule has 1 aliphatic rings. The summed E-state index contributed by atoms with van der Waals surface area (Å²) in [6.07, 6.45) is 3.03. The molecule has 1 aromatic heterocycles. The molecule has 0 N–H and O–H groups in total. The molecule has 0 fully saturated rings. The molecule has 0 saturated carbocycles. The summed E-state index contributed by atoms with van der Waals surface area (Å²) in [5, 5.41) is 11.5. The predicted molar refractivity (Wildman–Crippen MR) is 174 cm³/mol. The van der Waals surface area contributed by atoms with Gasteiger partial charge in [0.1, 0.15) is 6.61 Å². The highest BCUT2D eigenvalue weighted by molar-refractivity contribution is 7.07. The van der Waals surface area contributed by atoms with Crippen molar-refractivity contribution in [2.75, 3.05) is 20.3 Å². The van der Waals surface area contributed by atoms with Gasteiger partial charge >= 0.3 is 5.97 Å². The Bertz CT molecular complexity index is 2020. The first-order chi connectivity index (χ1) is 22.1. The minimum Gasteiger partial charge on any atom is -0.490 e. The SMILES string of the molecule is CCOc1ccc([C@H]2C(C(=O)OC)=CN=c3s/c(=C\c4cc(Cl)c(OCc5cccc([N+](=O)[O-])c5)c(Cl)c4)c(=O)n32)cc1OCC. The molecule has 0 radical (unpaired) electrons. The van der Waals surface area contributed by atoms with Gasteiger partial charge in [0.25, 0.3) is 11.2 Å². The zero-order chi connectivity index (χ0) is 33.0. The van der Waals surface area contributed by atoms with E-state index in [1.54, 1.807) is 48.5 Å². The van der Waals surface area contributed by atoms with E-state index in [-0.39, 0.29) is 33.7 Å². The number of carbonyl (C=O) groups excluding carboxylic acids is 1. The monoisotopic (exact) mass is 683 g/mol. The van der Waals surface area contributed by atoms with Gasteiger partial charge in [-0.1, -0.05) is 52.7 Å². The van der Waals surface area contributed by atoms with Crippen LogP contribution in [0.15, 0.2) is 76.2 Å². The minimum absolute atomic E-state index is 0.00183. The van der Waals surface area contributed by atoms with E-state index in [9.17, 15) is 19.7 Å². The predicted octanol–water partition coefficient (Wildman–Crippen LogP) is 5.61. The van der Waals surface area contributed by atoms with E-state index in [0.717, 1.165) is 11.3 Å². The van der Waals surface area contributed by atoms with Crippen molar-refractivity contribution in [2.45, 2.75) is 26.5 Å². The van der Waals surface area contributed by atoms with E-state index in [0.29, 0.717) is 50.7 Å². The van der Waals surface area contributed by atoms with Crippen molar-refractivity contribution in [2.24, 2.45) is 4.99 Å². The minimum atomic E-state index is -0.850. The molecule has 5 rings (SSSR count). The second-order valence-corrected chi connectivity index (χ2v) is 11.6. The molecule has 1 aliphatic heterocycles. The van der Waals surface area contributed by atoms with Crippen molar-refractivity contribution in [1.82, 2.24) is 4.57 Å². The van der Waals surface area contributed by atoms with Crippen LogP contribution < -0.4 is 29.1 Å². The van der Waals surface area contributed by atoms with Gasteiger partial charge in [0.05, 0.1) is 51.4 Å². The number of benzene rings is 3. The fraction of sp³-hybridized carbons (Fsp3) is 0.219. The van der Waals surface area contributed by atoms with Crippen molar-refractivity contribution in [3.63, 3.8) is 0 Å². The van der Waals surface area contributed by atoms with Gasteiger partial charge in [0.15, 0.2) is 22.0 Å². The average Bonchev–Trinajstić information content (AvgIpc) is 3.35.